The second-order valence-electron chi connectivity index (χ2n) is 1.35. The van der Waals surface area contributed by atoms with Crippen molar-refractivity contribution in [2.45, 2.75) is 0 Å². The minimum Gasteiger partial charge on any atom is -0.351 e. The van der Waals surface area contributed by atoms with Crippen molar-refractivity contribution in [2.24, 2.45) is 5.84 Å². The van der Waals surface area contributed by atoms with E-state index in [4.69, 9.17) is 5.84 Å². The molecule has 5 heteroatoms. The van der Waals surface area contributed by atoms with E-state index in [1.54, 1.807) is 0 Å². The molecule has 1 heterocycles. The lowest BCUT2D eigenvalue weighted by molar-refractivity contribution is 0.0917. The summed E-state index contributed by atoms with van der Waals surface area (Å²) >= 11 is 0. The number of hydrogen-bond donors (Lipinski definition) is 2. The summed E-state index contributed by atoms with van der Waals surface area (Å²) in [6.45, 7) is 0. The van der Waals surface area contributed by atoms with Crippen molar-refractivity contribution in [1.82, 2.24) is 10.6 Å². The molecule has 0 unspecified atom stereocenters. The van der Waals surface area contributed by atoms with Crippen LogP contribution in [0.5, 0.6) is 0 Å². The van der Waals surface area contributed by atoms with Gasteiger partial charge in [0.1, 0.15) is 0 Å². The maximum absolute atomic E-state index is 10.5. The number of rotatable bonds is 1. The van der Waals surface area contributed by atoms with Crippen LogP contribution < -0.4 is 11.3 Å². The highest BCUT2D eigenvalue weighted by molar-refractivity contribution is 5.90. The van der Waals surface area contributed by atoms with Crippen LogP contribution in [-0.4, -0.2) is 11.1 Å². The maximum Gasteiger partial charge on any atom is 0.303 e. The maximum atomic E-state index is 10.5. The number of nitrogens with two attached hydrogens (primary N) is 1. The van der Waals surface area contributed by atoms with E-state index in [9.17, 15) is 4.79 Å². The molecular formula is C4H5N3O2. The zero-order chi connectivity index (χ0) is 6.69. The average molecular weight is 127 g/mol. The zero-order valence-corrected chi connectivity index (χ0v) is 4.50. The number of nitrogens with zero attached hydrogens (tertiary/aromatic N) is 1. The Morgan fingerprint density at radius 1 is 1.89 bits per heavy atom. The van der Waals surface area contributed by atoms with E-state index in [-0.39, 0.29) is 5.76 Å². The molecule has 0 saturated heterocycles. The minimum atomic E-state index is -0.479. The summed E-state index contributed by atoms with van der Waals surface area (Å²) in [5.74, 6) is 4.41. The molecule has 1 aromatic heterocycles. The lowest BCUT2D eigenvalue weighted by Gasteiger charge is -1.88. The summed E-state index contributed by atoms with van der Waals surface area (Å²) in [5.41, 5.74) is 1.89. The van der Waals surface area contributed by atoms with Gasteiger partial charge in [-0.15, -0.1) is 0 Å². The highest BCUT2D eigenvalue weighted by atomic mass is 16.5. The predicted octanol–water partition coefficient (Wildman–Crippen LogP) is -0.722. The first-order valence-electron chi connectivity index (χ1n) is 2.26. The van der Waals surface area contributed by atoms with Crippen molar-refractivity contribution in [2.75, 3.05) is 0 Å². The molecule has 1 amide bonds. The first-order valence-corrected chi connectivity index (χ1v) is 2.26. The molecule has 0 aromatic carbocycles. The molecule has 5 nitrogen and oxygen atoms in total. The Bertz CT molecular complexity index is 194. The Morgan fingerprint density at radius 3 is 3.11 bits per heavy atom. The van der Waals surface area contributed by atoms with Crippen LogP contribution in [0.3, 0.4) is 0 Å². The van der Waals surface area contributed by atoms with Gasteiger partial charge in [-0.2, -0.15) is 0 Å². The molecular weight excluding hydrogens is 122 g/mol. The Labute approximate surface area is 50.8 Å². The third-order valence-corrected chi connectivity index (χ3v) is 0.793. The second-order valence-corrected chi connectivity index (χ2v) is 1.35. The van der Waals surface area contributed by atoms with Gasteiger partial charge in [0, 0.05) is 6.07 Å². The Morgan fingerprint density at radius 2 is 2.67 bits per heavy atom. The first-order chi connectivity index (χ1) is 4.34. The monoisotopic (exact) mass is 127 g/mol. The van der Waals surface area contributed by atoms with Crippen LogP contribution in [0.1, 0.15) is 10.6 Å². The van der Waals surface area contributed by atoms with Gasteiger partial charge in [0.05, 0.1) is 6.20 Å². The standard InChI is InChI=1S/C4H5N3O2/c5-7-4(8)3-1-2-6-9-3/h1-2H,5H2,(H,7,8). The molecule has 0 atom stereocenters. The smallest absolute Gasteiger partial charge is 0.303 e. The molecule has 1 aromatic rings. The topological polar surface area (TPSA) is 81.1 Å². The molecule has 0 saturated carbocycles. The summed E-state index contributed by atoms with van der Waals surface area (Å²) < 4.78 is 4.44. The van der Waals surface area contributed by atoms with Crippen molar-refractivity contribution in [3.8, 4) is 0 Å². The zero-order valence-electron chi connectivity index (χ0n) is 4.50. The molecule has 0 aliphatic rings. The van der Waals surface area contributed by atoms with E-state index < -0.39 is 5.91 Å². The summed E-state index contributed by atoms with van der Waals surface area (Å²) in [5, 5.41) is 3.30. The number of nitrogen functional groups attached to an aromatic ring is 1. The van der Waals surface area contributed by atoms with Crippen LogP contribution >= 0.6 is 0 Å². The highest BCUT2D eigenvalue weighted by Gasteiger charge is 2.04. The van der Waals surface area contributed by atoms with Crippen LogP contribution in [0.25, 0.3) is 0 Å². The summed E-state index contributed by atoms with van der Waals surface area (Å²) in [6, 6.07) is 1.42. The lowest BCUT2D eigenvalue weighted by Crippen LogP contribution is -2.29. The van der Waals surface area contributed by atoms with E-state index in [2.05, 4.69) is 9.68 Å². The molecule has 48 valence electrons. The van der Waals surface area contributed by atoms with Gasteiger partial charge in [-0.05, 0) is 0 Å². The van der Waals surface area contributed by atoms with Crippen LogP contribution in [0.15, 0.2) is 16.8 Å². The molecule has 3 N–H and O–H groups in total. The fraction of sp³-hybridized carbons (Fsp3) is 0. The van der Waals surface area contributed by atoms with Gasteiger partial charge in [-0.1, -0.05) is 5.16 Å². The molecule has 0 aliphatic carbocycles. The molecule has 0 spiro atoms. The Kier molecular flexibility index (Phi) is 1.46. The first kappa shape index (κ1) is 5.77. The van der Waals surface area contributed by atoms with Gasteiger partial charge in [0.2, 0.25) is 5.76 Å². The third-order valence-electron chi connectivity index (χ3n) is 0.793. The van der Waals surface area contributed by atoms with Gasteiger partial charge < -0.3 is 4.52 Å². The second kappa shape index (κ2) is 2.27. The van der Waals surface area contributed by atoms with Crippen molar-refractivity contribution in [1.29, 1.82) is 0 Å². The van der Waals surface area contributed by atoms with Crippen molar-refractivity contribution in [3.63, 3.8) is 0 Å². The number of nitrogens with one attached hydrogen (secondary N) is 1. The van der Waals surface area contributed by atoms with Gasteiger partial charge in [-0.3, -0.25) is 10.2 Å². The molecule has 0 fully saturated rings. The van der Waals surface area contributed by atoms with E-state index in [1.807, 2.05) is 5.43 Å². The molecule has 0 radical (unpaired) electrons. The number of carbonyl (C=O) groups is 1. The van der Waals surface area contributed by atoms with E-state index in [0.29, 0.717) is 0 Å². The number of carbonyl (C=O) groups excluding carboxylic acids is 1. The van der Waals surface area contributed by atoms with Crippen LogP contribution in [0, 0.1) is 0 Å². The van der Waals surface area contributed by atoms with Gasteiger partial charge in [0.15, 0.2) is 0 Å². The average Bonchev–Trinajstić information content (AvgIpc) is 2.37. The van der Waals surface area contributed by atoms with Gasteiger partial charge in [-0.25, -0.2) is 5.84 Å². The fourth-order valence-electron chi connectivity index (χ4n) is 0.404. The number of hydrogen-bond acceptors (Lipinski definition) is 4. The minimum absolute atomic E-state index is 0.109. The molecule has 1 rings (SSSR count). The SMILES string of the molecule is NNC(=O)c1ccno1. The summed E-state index contributed by atoms with van der Waals surface area (Å²) in [6.07, 6.45) is 1.37. The summed E-state index contributed by atoms with van der Waals surface area (Å²) in [4.78, 5) is 10.5. The van der Waals surface area contributed by atoms with E-state index >= 15 is 0 Å². The van der Waals surface area contributed by atoms with Crippen molar-refractivity contribution in [3.05, 3.63) is 18.0 Å². The largest absolute Gasteiger partial charge is 0.351 e. The Hall–Kier alpha value is -1.36. The van der Waals surface area contributed by atoms with Crippen LogP contribution in [-0.2, 0) is 0 Å². The molecule has 0 aliphatic heterocycles. The molecule has 0 bridgehead atoms. The third kappa shape index (κ3) is 1.06. The normalized spacial score (nSPS) is 9.00. The van der Waals surface area contributed by atoms with Crippen molar-refractivity contribution < 1.29 is 9.32 Å². The van der Waals surface area contributed by atoms with E-state index in [1.165, 1.54) is 12.3 Å². The molecule has 9 heavy (non-hydrogen) atoms. The van der Waals surface area contributed by atoms with Gasteiger partial charge >= 0.3 is 5.91 Å². The summed E-state index contributed by atoms with van der Waals surface area (Å²) in [7, 11) is 0. The lowest BCUT2D eigenvalue weighted by atomic mass is 10.4. The van der Waals surface area contributed by atoms with Gasteiger partial charge in [0.25, 0.3) is 0 Å². The highest BCUT2D eigenvalue weighted by Crippen LogP contribution is 1.93. The van der Waals surface area contributed by atoms with Crippen LogP contribution in [0.2, 0.25) is 0 Å². The fourth-order valence-corrected chi connectivity index (χ4v) is 0.404. The number of amides is 1. The Balaban J connectivity index is 2.77. The van der Waals surface area contributed by atoms with Crippen LogP contribution in [0.4, 0.5) is 0 Å². The quantitative estimate of drug-likeness (QED) is 0.296. The number of hydrazine groups is 1. The van der Waals surface area contributed by atoms with Crippen molar-refractivity contribution >= 4 is 5.91 Å². The number of aromatic nitrogens is 1. The predicted molar refractivity (Wildman–Crippen MR) is 28.2 cm³/mol. The van der Waals surface area contributed by atoms with E-state index in [0.717, 1.165) is 0 Å².